The Morgan fingerprint density at radius 2 is 1.88 bits per heavy atom. The van der Waals surface area contributed by atoms with E-state index in [0.717, 1.165) is 44.8 Å². The number of ether oxygens (including phenoxy) is 1. The number of aromatic amines is 1. The fourth-order valence-corrected chi connectivity index (χ4v) is 2.93. The van der Waals surface area contributed by atoms with E-state index in [9.17, 15) is 0 Å². The maximum Gasteiger partial charge on any atom is 0.119 e. The topological polar surface area (TPSA) is 62.8 Å². The number of fused-ring (bicyclic) bond motifs is 3. The number of H-pyrrole nitrogens is 1. The van der Waals surface area contributed by atoms with Crippen LogP contribution in [-0.4, -0.2) is 21.6 Å². The minimum atomic E-state index is 0. The van der Waals surface area contributed by atoms with E-state index in [0.29, 0.717) is 6.61 Å². The normalized spacial score (nSPS) is 10.6. The van der Waals surface area contributed by atoms with Gasteiger partial charge in [-0.05, 0) is 56.3 Å². The Morgan fingerprint density at radius 1 is 1.08 bits per heavy atom. The number of halogens is 1. The zero-order valence-electron chi connectivity index (χ0n) is 14.0. The lowest BCUT2D eigenvalue weighted by molar-refractivity contribution is 0.340. The highest BCUT2D eigenvalue weighted by Crippen LogP contribution is 2.31. The summed E-state index contributed by atoms with van der Waals surface area (Å²) >= 11 is 0. The molecule has 0 amide bonds. The number of benzene rings is 2. The van der Waals surface area contributed by atoms with Gasteiger partial charge in [0, 0.05) is 22.3 Å². The van der Waals surface area contributed by atoms with Crippen LogP contribution < -0.4 is 10.1 Å². The third-order valence-corrected chi connectivity index (χ3v) is 3.95. The summed E-state index contributed by atoms with van der Waals surface area (Å²) in [5.41, 5.74) is 5.93. The van der Waals surface area contributed by atoms with E-state index in [1.807, 2.05) is 50.2 Å². The first kappa shape index (κ1) is 17.0. The largest absolute Gasteiger partial charge is 0.494 e. The van der Waals surface area contributed by atoms with Crippen molar-refractivity contribution in [3.05, 3.63) is 54.5 Å². The van der Waals surface area contributed by atoms with Crippen LogP contribution in [0.4, 0.5) is 11.4 Å². The van der Waals surface area contributed by atoms with Crippen LogP contribution >= 0.6 is 12.4 Å². The average Bonchev–Trinajstić information content (AvgIpc) is 3.05. The van der Waals surface area contributed by atoms with Crippen molar-refractivity contribution in [1.29, 1.82) is 0 Å². The second kappa shape index (κ2) is 6.99. The van der Waals surface area contributed by atoms with Crippen molar-refractivity contribution in [3.8, 4) is 5.75 Å². The maximum absolute atomic E-state index is 5.50. The Kier molecular flexibility index (Phi) is 4.76. The van der Waals surface area contributed by atoms with Crippen molar-refractivity contribution in [2.24, 2.45) is 0 Å². The number of nitrogens with zero attached hydrogens (tertiary/aromatic N) is 2. The molecule has 0 bridgehead atoms. The average molecular weight is 355 g/mol. The van der Waals surface area contributed by atoms with E-state index in [4.69, 9.17) is 4.74 Å². The minimum Gasteiger partial charge on any atom is -0.494 e. The van der Waals surface area contributed by atoms with Crippen molar-refractivity contribution in [1.82, 2.24) is 15.0 Å². The highest BCUT2D eigenvalue weighted by molar-refractivity contribution is 6.10. The van der Waals surface area contributed by atoms with Gasteiger partial charge in [-0.25, -0.2) is 9.97 Å². The lowest BCUT2D eigenvalue weighted by Crippen LogP contribution is -1.96. The molecule has 128 valence electrons. The zero-order chi connectivity index (χ0) is 16.5. The third-order valence-electron chi connectivity index (χ3n) is 3.95. The molecule has 0 fully saturated rings. The van der Waals surface area contributed by atoms with Crippen LogP contribution in [0.1, 0.15) is 12.6 Å². The van der Waals surface area contributed by atoms with Gasteiger partial charge >= 0.3 is 0 Å². The molecular formula is C19H19ClN4O. The predicted octanol–water partition coefficient (Wildman–Crippen LogP) is 4.98. The van der Waals surface area contributed by atoms with Crippen molar-refractivity contribution in [2.45, 2.75) is 13.8 Å². The van der Waals surface area contributed by atoms with Crippen LogP contribution in [0.15, 0.2) is 48.8 Å². The molecule has 2 aromatic carbocycles. The Balaban J connectivity index is 0.00000182. The summed E-state index contributed by atoms with van der Waals surface area (Å²) in [5.74, 6) is 0.870. The molecule has 0 aliphatic heterocycles. The second-order valence-electron chi connectivity index (χ2n) is 5.68. The molecular weight excluding hydrogens is 336 g/mol. The van der Waals surface area contributed by atoms with E-state index in [2.05, 4.69) is 26.3 Å². The molecule has 0 radical (unpaired) electrons. The Labute approximate surface area is 151 Å². The molecule has 5 nitrogen and oxygen atoms in total. The van der Waals surface area contributed by atoms with E-state index in [-0.39, 0.29) is 12.4 Å². The van der Waals surface area contributed by atoms with Gasteiger partial charge in [-0.3, -0.25) is 0 Å². The molecule has 0 aliphatic rings. The summed E-state index contributed by atoms with van der Waals surface area (Å²) < 4.78 is 5.50. The number of hydrogen-bond donors (Lipinski definition) is 2. The van der Waals surface area contributed by atoms with Crippen molar-refractivity contribution >= 4 is 45.7 Å². The van der Waals surface area contributed by atoms with Crippen LogP contribution in [0.3, 0.4) is 0 Å². The summed E-state index contributed by atoms with van der Waals surface area (Å²) in [6.45, 7) is 4.69. The number of aromatic nitrogens is 3. The molecule has 25 heavy (non-hydrogen) atoms. The number of imidazole rings is 1. The molecule has 6 heteroatoms. The van der Waals surface area contributed by atoms with Gasteiger partial charge < -0.3 is 15.0 Å². The van der Waals surface area contributed by atoms with E-state index >= 15 is 0 Å². The lowest BCUT2D eigenvalue weighted by atomic mass is 10.1. The summed E-state index contributed by atoms with van der Waals surface area (Å²) in [6.07, 6.45) is 1.60. The minimum absolute atomic E-state index is 0. The van der Waals surface area contributed by atoms with Crippen molar-refractivity contribution in [2.75, 3.05) is 11.9 Å². The number of nitrogens with one attached hydrogen (secondary N) is 2. The molecule has 2 N–H and O–H groups in total. The first-order valence-corrected chi connectivity index (χ1v) is 7.97. The SMILES string of the molecule is CCOc1ccc(Nc2cc(C)[nH]c3ccc4ncnc4c23)cc1.Cl. The van der Waals surface area contributed by atoms with Gasteiger partial charge in [0.15, 0.2) is 0 Å². The molecule has 4 rings (SSSR count). The molecule has 0 spiro atoms. The van der Waals surface area contributed by atoms with Gasteiger partial charge in [-0.15, -0.1) is 12.4 Å². The van der Waals surface area contributed by atoms with E-state index < -0.39 is 0 Å². The molecule has 0 aliphatic carbocycles. The van der Waals surface area contributed by atoms with Gasteiger partial charge in [-0.1, -0.05) is 0 Å². The number of anilines is 2. The summed E-state index contributed by atoms with van der Waals surface area (Å²) in [6, 6.07) is 14.1. The first-order valence-electron chi connectivity index (χ1n) is 7.97. The molecule has 0 atom stereocenters. The van der Waals surface area contributed by atoms with Crippen molar-refractivity contribution in [3.63, 3.8) is 0 Å². The van der Waals surface area contributed by atoms with Crippen LogP contribution in [0.2, 0.25) is 0 Å². The van der Waals surface area contributed by atoms with E-state index in [1.165, 1.54) is 0 Å². The van der Waals surface area contributed by atoms with Crippen molar-refractivity contribution < 1.29 is 4.74 Å². The third kappa shape index (κ3) is 3.23. The monoisotopic (exact) mass is 354 g/mol. The number of hydrogen-bond acceptors (Lipinski definition) is 4. The van der Waals surface area contributed by atoms with Crippen LogP contribution in [0.25, 0.3) is 21.9 Å². The fraction of sp³-hybridized carbons (Fsp3) is 0.158. The highest BCUT2D eigenvalue weighted by Gasteiger charge is 2.10. The quantitative estimate of drug-likeness (QED) is 0.542. The Hall–Kier alpha value is -2.79. The second-order valence-corrected chi connectivity index (χ2v) is 5.68. The van der Waals surface area contributed by atoms with E-state index in [1.54, 1.807) is 6.33 Å². The molecule has 4 aromatic rings. The molecule has 0 unspecified atom stereocenters. The van der Waals surface area contributed by atoms with Gasteiger partial charge in [-0.2, -0.15) is 0 Å². The van der Waals surface area contributed by atoms with Gasteiger partial charge in [0.1, 0.15) is 17.6 Å². The number of pyridine rings is 1. The maximum atomic E-state index is 5.50. The van der Waals surface area contributed by atoms with Crippen LogP contribution in [0, 0.1) is 6.92 Å². The first-order chi connectivity index (χ1) is 11.7. The summed E-state index contributed by atoms with van der Waals surface area (Å²) in [4.78, 5) is 12.1. The van der Waals surface area contributed by atoms with Crippen LogP contribution in [-0.2, 0) is 0 Å². The lowest BCUT2D eigenvalue weighted by Gasteiger charge is -2.13. The number of aryl methyl sites for hydroxylation is 1. The van der Waals surface area contributed by atoms with Gasteiger partial charge in [0.05, 0.1) is 17.8 Å². The molecule has 2 aromatic heterocycles. The van der Waals surface area contributed by atoms with Gasteiger partial charge in [0.2, 0.25) is 0 Å². The van der Waals surface area contributed by atoms with Crippen LogP contribution in [0.5, 0.6) is 5.75 Å². The standard InChI is InChI=1S/C19H18N4O.ClH/c1-3-24-14-6-4-13(5-7-14)23-17-10-12(2)22-15-8-9-16-19(18(15)17)21-11-20-16;/h4-11,22-23H,3H2,1-2H3;1H. The predicted molar refractivity (Wildman–Crippen MR) is 104 cm³/mol. The summed E-state index contributed by atoms with van der Waals surface area (Å²) in [7, 11) is 0. The Morgan fingerprint density at radius 3 is 2.64 bits per heavy atom. The zero-order valence-corrected chi connectivity index (χ0v) is 14.9. The number of rotatable bonds is 4. The highest BCUT2D eigenvalue weighted by atomic mass is 35.5. The Bertz CT molecular complexity index is 1010. The molecule has 0 saturated heterocycles. The fourth-order valence-electron chi connectivity index (χ4n) is 2.93. The smallest absolute Gasteiger partial charge is 0.119 e. The molecule has 2 heterocycles. The van der Waals surface area contributed by atoms with Gasteiger partial charge in [0.25, 0.3) is 0 Å². The molecule has 0 saturated carbocycles. The summed E-state index contributed by atoms with van der Waals surface area (Å²) in [5, 5.41) is 4.54.